The Labute approximate surface area is 211 Å². The molecule has 1 aliphatic heterocycles. The molecule has 1 aliphatic rings. The Morgan fingerprint density at radius 2 is 1.81 bits per heavy atom. The summed E-state index contributed by atoms with van der Waals surface area (Å²) in [5.41, 5.74) is 0.0932. The van der Waals surface area contributed by atoms with E-state index in [1.165, 1.54) is 24.3 Å². The van der Waals surface area contributed by atoms with Crippen LogP contribution in [0.2, 0.25) is 5.02 Å². The quantitative estimate of drug-likeness (QED) is 0.240. The number of rotatable bonds is 6. The van der Waals surface area contributed by atoms with Gasteiger partial charge < -0.3 is 14.9 Å². The average molecular weight is 514 g/mol. The van der Waals surface area contributed by atoms with Crippen molar-refractivity contribution in [1.29, 1.82) is 0 Å². The summed E-state index contributed by atoms with van der Waals surface area (Å²) in [4.78, 5) is 27.3. The van der Waals surface area contributed by atoms with Crippen molar-refractivity contribution in [2.75, 3.05) is 11.5 Å². The number of halogens is 3. The normalized spacial score (nSPS) is 17.2. The number of amides is 1. The topological polar surface area (TPSA) is 87.1 Å². The number of aliphatic hydroxyl groups excluding tert-OH is 1. The Bertz CT molecular complexity index is 1390. The second kappa shape index (κ2) is 9.99. The van der Waals surface area contributed by atoms with Gasteiger partial charge in [0, 0.05) is 17.3 Å². The molecule has 6 nitrogen and oxygen atoms in total. The van der Waals surface area contributed by atoms with Crippen molar-refractivity contribution in [2.24, 2.45) is 5.92 Å². The molecule has 2 N–H and O–H groups in total. The molecule has 0 aromatic heterocycles. The maximum Gasteiger partial charge on any atom is 0.300 e. The lowest BCUT2D eigenvalue weighted by atomic mass is 9.95. The number of ketones is 1. The minimum atomic E-state index is -1.24. The highest BCUT2D eigenvalue weighted by Gasteiger charge is 2.47. The minimum absolute atomic E-state index is 0.0625. The van der Waals surface area contributed by atoms with Crippen LogP contribution in [-0.4, -0.2) is 28.5 Å². The van der Waals surface area contributed by atoms with E-state index >= 15 is 0 Å². The summed E-state index contributed by atoms with van der Waals surface area (Å²) in [6, 6.07) is 11.9. The number of nitrogens with zero attached hydrogens (tertiary/aromatic N) is 1. The second-order valence-electron chi connectivity index (χ2n) is 8.71. The van der Waals surface area contributed by atoms with Crippen molar-refractivity contribution < 1.29 is 33.3 Å². The van der Waals surface area contributed by atoms with E-state index in [2.05, 4.69) is 0 Å². The first-order valence-corrected chi connectivity index (χ1v) is 11.4. The highest BCUT2D eigenvalue weighted by Crippen LogP contribution is 2.44. The molecule has 1 fully saturated rings. The summed E-state index contributed by atoms with van der Waals surface area (Å²) in [7, 11) is 0. The molecule has 1 atom stereocenters. The molecule has 4 rings (SSSR count). The molecule has 1 unspecified atom stereocenters. The van der Waals surface area contributed by atoms with Crippen LogP contribution in [0, 0.1) is 17.6 Å². The number of aromatic hydroxyl groups is 1. The Balaban J connectivity index is 1.90. The van der Waals surface area contributed by atoms with E-state index in [1.807, 2.05) is 13.8 Å². The van der Waals surface area contributed by atoms with Gasteiger partial charge in [-0.3, -0.25) is 14.5 Å². The molecule has 186 valence electrons. The van der Waals surface area contributed by atoms with Crippen molar-refractivity contribution in [2.45, 2.75) is 19.9 Å². The summed E-state index contributed by atoms with van der Waals surface area (Å²) in [5, 5.41) is 21.0. The first kappa shape index (κ1) is 25.2. The fourth-order valence-electron chi connectivity index (χ4n) is 3.89. The molecule has 0 aliphatic carbocycles. The average Bonchev–Trinajstić information content (AvgIpc) is 3.11. The van der Waals surface area contributed by atoms with Gasteiger partial charge >= 0.3 is 0 Å². The summed E-state index contributed by atoms with van der Waals surface area (Å²) in [5.74, 6) is -4.44. The summed E-state index contributed by atoms with van der Waals surface area (Å²) in [6.45, 7) is 4.38. The SMILES string of the molecule is CC(C)COc1cccc(/C(O)=C2\C(=O)C(=O)N(c3ccc(F)c(F)c3)C2c2ccc(O)c(Cl)c2)c1. The molecule has 0 spiro atoms. The maximum absolute atomic E-state index is 14.1. The van der Waals surface area contributed by atoms with Crippen molar-refractivity contribution in [3.05, 3.63) is 94.0 Å². The van der Waals surface area contributed by atoms with Crippen molar-refractivity contribution in [1.82, 2.24) is 0 Å². The molecular formula is C27H22ClF2NO5. The molecule has 36 heavy (non-hydrogen) atoms. The van der Waals surface area contributed by atoms with E-state index < -0.39 is 35.1 Å². The molecule has 3 aromatic carbocycles. The molecule has 3 aromatic rings. The number of hydrogen-bond acceptors (Lipinski definition) is 5. The highest BCUT2D eigenvalue weighted by atomic mass is 35.5. The third-order valence-corrected chi connectivity index (χ3v) is 5.91. The van der Waals surface area contributed by atoms with Gasteiger partial charge in [0.15, 0.2) is 11.6 Å². The predicted octanol–water partition coefficient (Wildman–Crippen LogP) is 5.98. The van der Waals surface area contributed by atoms with Crippen LogP contribution in [0.4, 0.5) is 14.5 Å². The Kier molecular flexibility index (Phi) is 6.99. The van der Waals surface area contributed by atoms with Gasteiger partial charge in [-0.15, -0.1) is 0 Å². The molecule has 0 radical (unpaired) electrons. The molecule has 1 saturated heterocycles. The zero-order chi connectivity index (χ0) is 26.1. The smallest absolute Gasteiger partial charge is 0.300 e. The van der Waals surface area contributed by atoms with Gasteiger partial charge in [-0.1, -0.05) is 43.6 Å². The molecule has 9 heteroatoms. The van der Waals surface area contributed by atoms with Crippen LogP contribution in [0.15, 0.2) is 66.2 Å². The number of phenols is 1. The van der Waals surface area contributed by atoms with Crippen LogP contribution in [0.3, 0.4) is 0 Å². The number of benzene rings is 3. The van der Waals surface area contributed by atoms with Gasteiger partial charge in [0.1, 0.15) is 17.3 Å². The lowest BCUT2D eigenvalue weighted by Gasteiger charge is -2.25. The largest absolute Gasteiger partial charge is 0.507 e. The Morgan fingerprint density at radius 3 is 2.47 bits per heavy atom. The third kappa shape index (κ3) is 4.77. The monoisotopic (exact) mass is 513 g/mol. The highest BCUT2D eigenvalue weighted by molar-refractivity contribution is 6.51. The van der Waals surface area contributed by atoms with E-state index in [4.69, 9.17) is 16.3 Å². The lowest BCUT2D eigenvalue weighted by Crippen LogP contribution is -2.29. The van der Waals surface area contributed by atoms with Crippen LogP contribution >= 0.6 is 11.6 Å². The second-order valence-corrected chi connectivity index (χ2v) is 9.12. The third-order valence-electron chi connectivity index (χ3n) is 5.60. The van der Waals surface area contributed by atoms with Crippen LogP contribution in [0.5, 0.6) is 11.5 Å². The fraction of sp³-hybridized carbons (Fsp3) is 0.185. The van der Waals surface area contributed by atoms with Gasteiger partial charge in [-0.05, 0) is 47.9 Å². The predicted molar refractivity (Wildman–Crippen MR) is 131 cm³/mol. The van der Waals surface area contributed by atoms with Crippen LogP contribution in [0.25, 0.3) is 5.76 Å². The number of carbonyl (C=O) groups is 2. The lowest BCUT2D eigenvalue weighted by molar-refractivity contribution is -0.132. The van der Waals surface area contributed by atoms with E-state index in [-0.39, 0.29) is 39.1 Å². The Morgan fingerprint density at radius 1 is 1.06 bits per heavy atom. The first-order chi connectivity index (χ1) is 17.1. The first-order valence-electron chi connectivity index (χ1n) is 11.1. The number of hydrogen-bond donors (Lipinski definition) is 2. The van der Waals surface area contributed by atoms with Gasteiger partial charge in [-0.2, -0.15) is 0 Å². The van der Waals surface area contributed by atoms with Gasteiger partial charge in [0.25, 0.3) is 11.7 Å². The maximum atomic E-state index is 14.1. The molecule has 0 bridgehead atoms. The molecule has 1 amide bonds. The molecular weight excluding hydrogens is 492 g/mol. The summed E-state index contributed by atoms with van der Waals surface area (Å²) < 4.78 is 33.4. The van der Waals surface area contributed by atoms with E-state index in [0.717, 1.165) is 23.1 Å². The minimum Gasteiger partial charge on any atom is -0.507 e. The summed E-state index contributed by atoms with van der Waals surface area (Å²) >= 11 is 6.09. The fourth-order valence-corrected chi connectivity index (χ4v) is 4.08. The number of anilines is 1. The number of carbonyl (C=O) groups excluding carboxylic acids is 2. The van der Waals surface area contributed by atoms with Gasteiger partial charge in [0.05, 0.1) is 23.2 Å². The standard InChI is InChI=1S/C27H22ClF2NO5/c1-14(2)13-36-18-5-3-4-16(10-18)25(33)23-24(15-6-9-22(32)19(28)11-15)31(27(35)26(23)34)17-7-8-20(29)21(30)12-17/h3-12,14,24,32-33H,13H2,1-2H3/b25-23+. The van der Waals surface area contributed by atoms with E-state index in [0.29, 0.717) is 12.4 Å². The van der Waals surface area contributed by atoms with Crippen molar-refractivity contribution in [3.8, 4) is 11.5 Å². The zero-order valence-electron chi connectivity index (χ0n) is 19.3. The number of aliphatic hydroxyl groups is 1. The van der Waals surface area contributed by atoms with Gasteiger partial charge in [0.2, 0.25) is 0 Å². The number of ether oxygens (including phenoxy) is 1. The zero-order valence-corrected chi connectivity index (χ0v) is 20.1. The van der Waals surface area contributed by atoms with Crippen molar-refractivity contribution in [3.63, 3.8) is 0 Å². The molecule has 0 saturated carbocycles. The van der Waals surface area contributed by atoms with Gasteiger partial charge in [-0.25, -0.2) is 8.78 Å². The summed E-state index contributed by atoms with van der Waals surface area (Å²) in [6.07, 6.45) is 0. The van der Waals surface area contributed by atoms with Crippen LogP contribution in [0.1, 0.15) is 31.0 Å². The Hall–Kier alpha value is -3.91. The van der Waals surface area contributed by atoms with E-state index in [1.54, 1.807) is 18.2 Å². The van der Waals surface area contributed by atoms with E-state index in [9.17, 15) is 28.6 Å². The molecule has 1 heterocycles. The van der Waals surface area contributed by atoms with Crippen molar-refractivity contribution >= 4 is 34.7 Å². The number of phenolic OH excluding ortho intramolecular Hbond substituents is 1. The van der Waals surface area contributed by atoms with Crippen LogP contribution < -0.4 is 9.64 Å². The van der Waals surface area contributed by atoms with Crippen LogP contribution in [-0.2, 0) is 9.59 Å². The number of Topliss-reactive ketones (excluding diaryl/α,β-unsaturated/α-hetero) is 1.